The molecule has 0 heterocycles. The predicted molar refractivity (Wildman–Crippen MR) is 67.5 cm³/mol. The van der Waals surface area contributed by atoms with E-state index in [1.165, 1.54) is 0 Å². The summed E-state index contributed by atoms with van der Waals surface area (Å²) in [6.45, 7) is 6.32. The van der Waals surface area contributed by atoms with Crippen LogP contribution in [0.2, 0.25) is 0 Å². The van der Waals surface area contributed by atoms with Crippen molar-refractivity contribution in [2.24, 2.45) is 0 Å². The fourth-order valence-electron chi connectivity index (χ4n) is 1.31. The van der Waals surface area contributed by atoms with Gasteiger partial charge in [-0.2, -0.15) is 0 Å². The normalized spacial score (nSPS) is 14.3. The number of hydrogen-bond donors (Lipinski definition) is 1. The summed E-state index contributed by atoms with van der Waals surface area (Å²) >= 11 is 0. The van der Waals surface area contributed by atoms with Crippen LogP contribution in [0.3, 0.4) is 0 Å². The Kier molecular flexibility index (Phi) is 7.97. The van der Waals surface area contributed by atoms with Gasteiger partial charge in [-0.05, 0) is 33.7 Å². The molecule has 0 rings (SSSR count). The highest BCUT2D eigenvalue weighted by Crippen LogP contribution is 2.03. The summed E-state index contributed by atoms with van der Waals surface area (Å²) in [7, 11) is -0.946. The third kappa shape index (κ3) is 8.07. The third-order valence-electron chi connectivity index (χ3n) is 2.49. The van der Waals surface area contributed by atoms with Crippen molar-refractivity contribution < 1.29 is 13.2 Å². The maximum atomic E-state index is 11.3. The van der Waals surface area contributed by atoms with E-state index < -0.39 is 9.84 Å². The first-order valence-electron chi connectivity index (χ1n) is 5.90. The monoisotopic (exact) mass is 251 g/mol. The lowest BCUT2D eigenvalue weighted by molar-refractivity contribution is 0.0610. The fraction of sp³-hybridized carbons (Fsp3) is 1.00. The number of ether oxygens (including phenoxy) is 1. The zero-order valence-electron chi connectivity index (χ0n) is 10.8. The van der Waals surface area contributed by atoms with Crippen molar-refractivity contribution in [3.8, 4) is 0 Å². The Morgan fingerprint density at radius 3 is 2.38 bits per heavy atom. The third-order valence-corrected chi connectivity index (χ3v) is 4.28. The molecule has 0 spiro atoms. The highest BCUT2D eigenvalue weighted by molar-refractivity contribution is 7.91. The van der Waals surface area contributed by atoms with Crippen molar-refractivity contribution in [1.82, 2.24) is 5.32 Å². The Bertz CT molecular complexity index is 262. The van der Waals surface area contributed by atoms with Gasteiger partial charge >= 0.3 is 0 Å². The number of hydrogen-bond acceptors (Lipinski definition) is 4. The van der Waals surface area contributed by atoms with E-state index in [1.807, 2.05) is 20.9 Å². The van der Waals surface area contributed by atoms with Crippen LogP contribution in [0.1, 0.15) is 33.6 Å². The van der Waals surface area contributed by atoms with E-state index in [9.17, 15) is 8.42 Å². The zero-order valence-corrected chi connectivity index (χ0v) is 11.6. The van der Waals surface area contributed by atoms with Crippen molar-refractivity contribution in [2.45, 2.75) is 45.8 Å². The SMILES string of the molecule is CCS(=O)(=O)CCCC(COC(C)C)NC. The summed E-state index contributed by atoms with van der Waals surface area (Å²) in [6, 6.07) is 0.245. The number of likely N-dealkylation sites (N-methyl/N-ethyl adjacent to an activating group) is 1. The molecule has 0 saturated carbocycles. The molecule has 1 N–H and O–H groups in total. The molecule has 0 aliphatic carbocycles. The van der Waals surface area contributed by atoms with Crippen LogP contribution in [0.5, 0.6) is 0 Å². The van der Waals surface area contributed by atoms with Gasteiger partial charge in [0.1, 0.15) is 9.84 Å². The van der Waals surface area contributed by atoms with Gasteiger partial charge in [0.15, 0.2) is 0 Å². The molecule has 1 atom stereocenters. The Labute approximate surface area is 99.7 Å². The molecule has 0 fully saturated rings. The lowest BCUT2D eigenvalue weighted by atomic mass is 10.2. The van der Waals surface area contributed by atoms with Gasteiger partial charge in [0.2, 0.25) is 0 Å². The largest absolute Gasteiger partial charge is 0.377 e. The molecule has 0 bridgehead atoms. The molecule has 0 aromatic rings. The fourth-order valence-corrected chi connectivity index (χ4v) is 2.21. The summed E-state index contributed by atoms with van der Waals surface area (Å²) in [5, 5.41) is 3.14. The van der Waals surface area contributed by atoms with Crippen LogP contribution >= 0.6 is 0 Å². The quantitative estimate of drug-likeness (QED) is 0.669. The summed E-state index contributed by atoms with van der Waals surface area (Å²) in [4.78, 5) is 0. The maximum absolute atomic E-state index is 11.3. The second-order valence-corrected chi connectivity index (χ2v) is 6.72. The molecule has 98 valence electrons. The van der Waals surface area contributed by atoms with Crippen LogP contribution in [0, 0.1) is 0 Å². The average molecular weight is 251 g/mol. The van der Waals surface area contributed by atoms with E-state index in [-0.39, 0.29) is 23.7 Å². The van der Waals surface area contributed by atoms with Gasteiger partial charge in [0, 0.05) is 11.8 Å². The van der Waals surface area contributed by atoms with E-state index in [0.29, 0.717) is 13.0 Å². The van der Waals surface area contributed by atoms with Gasteiger partial charge < -0.3 is 10.1 Å². The van der Waals surface area contributed by atoms with Crippen molar-refractivity contribution in [2.75, 3.05) is 25.2 Å². The second kappa shape index (κ2) is 8.03. The smallest absolute Gasteiger partial charge is 0.150 e. The number of sulfone groups is 1. The standard InChI is InChI=1S/C11H25NO3S/c1-5-16(13,14)8-6-7-11(12-4)9-15-10(2)3/h10-12H,5-9H2,1-4H3. The van der Waals surface area contributed by atoms with Crippen molar-refractivity contribution >= 4 is 9.84 Å². The summed E-state index contributed by atoms with van der Waals surface area (Å²) in [5.74, 6) is 0.517. The van der Waals surface area contributed by atoms with Gasteiger partial charge in [-0.3, -0.25) is 0 Å². The first-order chi connectivity index (χ1) is 7.41. The molecular formula is C11H25NO3S. The number of rotatable bonds is 9. The molecule has 1 unspecified atom stereocenters. The predicted octanol–water partition coefficient (Wildman–Crippen LogP) is 1.21. The summed E-state index contributed by atoms with van der Waals surface area (Å²) in [5.41, 5.74) is 0. The van der Waals surface area contributed by atoms with Crippen LogP contribution in [0.15, 0.2) is 0 Å². The number of nitrogens with one attached hydrogen (secondary N) is 1. The minimum absolute atomic E-state index is 0.218. The van der Waals surface area contributed by atoms with E-state index in [4.69, 9.17) is 4.74 Å². The molecule has 0 aromatic heterocycles. The zero-order chi connectivity index (χ0) is 12.6. The molecule has 16 heavy (non-hydrogen) atoms. The van der Waals surface area contributed by atoms with E-state index in [1.54, 1.807) is 6.92 Å². The first-order valence-corrected chi connectivity index (χ1v) is 7.72. The van der Waals surface area contributed by atoms with E-state index in [0.717, 1.165) is 6.42 Å². The Balaban J connectivity index is 3.79. The molecule has 5 heteroatoms. The van der Waals surface area contributed by atoms with Crippen LogP contribution in [0.25, 0.3) is 0 Å². The van der Waals surface area contributed by atoms with Gasteiger partial charge in [0.25, 0.3) is 0 Å². The topological polar surface area (TPSA) is 55.4 Å². The van der Waals surface area contributed by atoms with E-state index >= 15 is 0 Å². The minimum atomic E-state index is -2.82. The molecule has 0 aromatic carbocycles. The average Bonchev–Trinajstić information content (AvgIpc) is 2.22. The van der Waals surface area contributed by atoms with Gasteiger partial charge in [-0.15, -0.1) is 0 Å². The molecule has 0 aliphatic rings. The van der Waals surface area contributed by atoms with Crippen molar-refractivity contribution in [3.05, 3.63) is 0 Å². The molecule has 0 radical (unpaired) electrons. The molecule has 0 saturated heterocycles. The first kappa shape index (κ1) is 15.9. The van der Waals surface area contributed by atoms with Crippen LogP contribution in [-0.4, -0.2) is 45.7 Å². The highest BCUT2D eigenvalue weighted by atomic mass is 32.2. The maximum Gasteiger partial charge on any atom is 0.150 e. The van der Waals surface area contributed by atoms with E-state index in [2.05, 4.69) is 5.32 Å². The van der Waals surface area contributed by atoms with Crippen LogP contribution < -0.4 is 5.32 Å². The van der Waals surface area contributed by atoms with Crippen LogP contribution in [-0.2, 0) is 14.6 Å². The van der Waals surface area contributed by atoms with Gasteiger partial charge in [0.05, 0.1) is 18.5 Å². The van der Waals surface area contributed by atoms with Gasteiger partial charge in [-0.25, -0.2) is 8.42 Å². The Morgan fingerprint density at radius 2 is 1.94 bits per heavy atom. The highest BCUT2D eigenvalue weighted by Gasteiger charge is 2.11. The lowest BCUT2D eigenvalue weighted by Gasteiger charge is -2.17. The minimum Gasteiger partial charge on any atom is -0.377 e. The van der Waals surface area contributed by atoms with Crippen LogP contribution in [0.4, 0.5) is 0 Å². The van der Waals surface area contributed by atoms with Gasteiger partial charge in [-0.1, -0.05) is 6.92 Å². The Hall–Kier alpha value is -0.130. The van der Waals surface area contributed by atoms with Crippen molar-refractivity contribution in [3.63, 3.8) is 0 Å². The summed E-state index contributed by atoms with van der Waals surface area (Å²) in [6.07, 6.45) is 1.75. The summed E-state index contributed by atoms with van der Waals surface area (Å²) < 4.78 is 28.1. The lowest BCUT2D eigenvalue weighted by Crippen LogP contribution is -2.32. The molecular weight excluding hydrogens is 226 g/mol. The second-order valence-electron chi connectivity index (χ2n) is 4.25. The molecule has 0 amide bonds. The Morgan fingerprint density at radius 1 is 1.31 bits per heavy atom. The molecule has 4 nitrogen and oxygen atoms in total. The molecule has 0 aliphatic heterocycles. The van der Waals surface area contributed by atoms with Crippen molar-refractivity contribution in [1.29, 1.82) is 0 Å².